The Balaban J connectivity index is 3.35. The predicted octanol–water partition coefficient (Wildman–Crippen LogP) is 2.29. The van der Waals surface area contributed by atoms with Crippen LogP contribution >= 0.6 is 12.2 Å². The van der Waals surface area contributed by atoms with E-state index in [1.54, 1.807) is 32.2 Å². The first-order valence-electron chi connectivity index (χ1n) is 6.47. The lowest BCUT2D eigenvalue weighted by Gasteiger charge is -2.28. The third kappa shape index (κ3) is 3.37. The van der Waals surface area contributed by atoms with E-state index < -0.39 is 10.0 Å². The predicted molar refractivity (Wildman–Crippen MR) is 86.3 cm³/mol. The zero-order chi connectivity index (χ0) is 15.7. The van der Waals surface area contributed by atoms with Gasteiger partial charge in [0, 0.05) is 18.7 Å². The van der Waals surface area contributed by atoms with Gasteiger partial charge in [-0.25, -0.2) is 8.42 Å². The Hall–Kier alpha value is -0.980. The molecule has 0 saturated carbocycles. The van der Waals surface area contributed by atoms with E-state index in [0.717, 1.165) is 0 Å². The minimum atomic E-state index is -3.55. The third-order valence-corrected chi connectivity index (χ3v) is 5.99. The van der Waals surface area contributed by atoms with Crippen LogP contribution in [0.4, 0.5) is 0 Å². The van der Waals surface area contributed by atoms with Crippen molar-refractivity contribution in [3.63, 3.8) is 0 Å². The highest BCUT2D eigenvalue weighted by Gasteiger charge is 2.28. The molecule has 6 heteroatoms. The molecule has 1 aromatic carbocycles. The van der Waals surface area contributed by atoms with E-state index in [-0.39, 0.29) is 21.8 Å². The van der Waals surface area contributed by atoms with Crippen molar-refractivity contribution < 1.29 is 8.42 Å². The maximum Gasteiger partial charge on any atom is 0.243 e. The lowest BCUT2D eigenvalue weighted by molar-refractivity contribution is 0.315. The van der Waals surface area contributed by atoms with Crippen LogP contribution < -0.4 is 5.73 Å². The summed E-state index contributed by atoms with van der Waals surface area (Å²) in [4.78, 5) is 0.457. The SMILES string of the molecule is Cc1ccc(C(N)=S)cc1S(=O)(=O)N(C)C(C)C(C)C. The van der Waals surface area contributed by atoms with E-state index in [9.17, 15) is 8.42 Å². The summed E-state index contributed by atoms with van der Waals surface area (Å²) < 4.78 is 26.8. The largest absolute Gasteiger partial charge is 0.389 e. The first-order valence-corrected chi connectivity index (χ1v) is 8.32. The number of rotatable bonds is 5. The molecular formula is C14H22N2O2S2. The number of nitrogens with zero attached hydrogens (tertiary/aromatic N) is 1. The van der Waals surface area contributed by atoms with Crippen LogP contribution in [0.3, 0.4) is 0 Å². The molecule has 0 saturated heterocycles. The molecule has 0 radical (unpaired) electrons. The number of benzene rings is 1. The van der Waals surface area contributed by atoms with E-state index in [4.69, 9.17) is 18.0 Å². The molecule has 0 aliphatic rings. The topological polar surface area (TPSA) is 63.4 Å². The van der Waals surface area contributed by atoms with Crippen molar-refractivity contribution in [1.29, 1.82) is 0 Å². The Kier molecular flexibility index (Phi) is 5.29. The van der Waals surface area contributed by atoms with E-state index in [0.29, 0.717) is 11.1 Å². The number of thiocarbonyl (C=S) groups is 1. The van der Waals surface area contributed by atoms with Gasteiger partial charge in [-0.1, -0.05) is 38.2 Å². The average molecular weight is 314 g/mol. The van der Waals surface area contributed by atoms with Crippen LogP contribution in [0, 0.1) is 12.8 Å². The molecular weight excluding hydrogens is 292 g/mol. The summed E-state index contributed by atoms with van der Waals surface area (Å²) in [6.07, 6.45) is 0. The summed E-state index contributed by atoms with van der Waals surface area (Å²) in [5.74, 6) is 0.230. The summed E-state index contributed by atoms with van der Waals surface area (Å²) >= 11 is 4.92. The van der Waals surface area contributed by atoms with Gasteiger partial charge in [-0.2, -0.15) is 4.31 Å². The molecule has 1 rings (SSSR count). The molecule has 0 bridgehead atoms. The molecule has 0 aliphatic carbocycles. The van der Waals surface area contributed by atoms with Gasteiger partial charge in [0.1, 0.15) is 4.99 Å². The third-order valence-electron chi connectivity index (χ3n) is 3.67. The van der Waals surface area contributed by atoms with Gasteiger partial charge in [0.15, 0.2) is 0 Å². The Morgan fingerprint density at radius 3 is 2.30 bits per heavy atom. The van der Waals surface area contributed by atoms with Gasteiger partial charge in [-0.3, -0.25) is 0 Å². The van der Waals surface area contributed by atoms with E-state index >= 15 is 0 Å². The molecule has 0 amide bonds. The van der Waals surface area contributed by atoms with Crippen molar-refractivity contribution in [1.82, 2.24) is 4.31 Å². The second kappa shape index (κ2) is 6.20. The highest BCUT2D eigenvalue weighted by atomic mass is 32.2. The first kappa shape index (κ1) is 17.1. The van der Waals surface area contributed by atoms with E-state index in [2.05, 4.69) is 0 Å². The van der Waals surface area contributed by atoms with Crippen LogP contribution in [0.1, 0.15) is 31.9 Å². The van der Waals surface area contributed by atoms with Gasteiger partial charge in [0.25, 0.3) is 0 Å². The molecule has 4 nitrogen and oxygen atoms in total. The van der Waals surface area contributed by atoms with Crippen molar-refractivity contribution in [3.05, 3.63) is 29.3 Å². The van der Waals surface area contributed by atoms with Crippen LogP contribution in [-0.2, 0) is 10.0 Å². The maximum absolute atomic E-state index is 12.7. The molecule has 1 aromatic rings. The van der Waals surface area contributed by atoms with Crippen molar-refractivity contribution in [2.45, 2.75) is 38.6 Å². The number of sulfonamides is 1. The van der Waals surface area contributed by atoms with Crippen LogP contribution in [0.5, 0.6) is 0 Å². The maximum atomic E-state index is 12.7. The average Bonchev–Trinajstić information content (AvgIpc) is 2.36. The van der Waals surface area contributed by atoms with Gasteiger partial charge in [0.05, 0.1) is 4.90 Å². The normalized spacial score (nSPS) is 13.8. The van der Waals surface area contributed by atoms with Crippen LogP contribution in [-0.4, -0.2) is 30.8 Å². The van der Waals surface area contributed by atoms with Gasteiger partial charge in [-0.15, -0.1) is 0 Å². The molecule has 0 fully saturated rings. The molecule has 112 valence electrons. The molecule has 0 heterocycles. The van der Waals surface area contributed by atoms with Gasteiger partial charge in [-0.05, 0) is 31.4 Å². The fraction of sp³-hybridized carbons (Fsp3) is 0.500. The summed E-state index contributed by atoms with van der Waals surface area (Å²) in [7, 11) is -1.95. The molecule has 1 atom stereocenters. The lowest BCUT2D eigenvalue weighted by atomic mass is 10.1. The Bertz CT molecular complexity index is 610. The summed E-state index contributed by atoms with van der Waals surface area (Å²) in [5, 5.41) is 0. The summed E-state index contributed by atoms with van der Waals surface area (Å²) in [5.41, 5.74) is 6.84. The van der Waals surface area contributed by atoms with Gasteiger partial charge in [0.2, 0.25) is 10.0 Å². The van der Waals surface area contributed by atoms with Crippen molar-refractivity contribution in [2.24, 2.45) is 11.7 Å². The number of nitrogens with two attached hydrogens (primary N) is 1. The molecule has 0 spiro atoms. The smallest absolute Gasteiger partial charge is 0.243 e. The van der Waals surface area contributed by atoms with Gasteiger partial charge < -0.3 is 5.73 Å². The first-order chi connectivity index (χ1) is 9.09. The summed E-state index contributed by atoms with van der Waals surface area (Å²) in [6, 6.07) is 4.93. The fourth-order valence-corrected chi connectivity index (χ4v) is 3.69. The second-order valence-electron chi connectivity index (χ2n) is 5.35. The van der Waals surface area contributed by atoms with Gasteiger partial charge >= 0.3 is 0 Å². The van der Waals surface area contributed by atoms with Crippen molar-refractivity contribution >= 4 is 27.2 Å². The lowest BCUT2D eigenvalue weighted by Crippen LogP contribution is -2.38. The zero-order valence-electron chi connectivity index (χ0n) is 12.5. The molecule has 1 unspecified atom stereocenters. The van der Waals surface area contributed by atoms with Crippen LogP contribution in [0.25, 0.3) is 0 Å². The van der Waals surface area contributed by atoms with Crippen LogP contribution in [0.2, 0.25) is 0 Å². The van der Waals surface area contributed by atoms with E-state index in [1.807, 2.05) is 20.8 Å². The number of hydrogen-bond acceptors (Lipinski definition) is 3. The Morgan fingerprint density at radius 2 is 1.85 bits per heavy atom. The Morgan fingerprint density at radius 1 is 1.30 bits per heavy atom. The minimum absolute atomic E-state index is 0.0899. The van der Waals surface area contributed by atoms with Crippen molar-refractivity contribution in [3.8, 4) is 0 Å². The highest BCUT2D eigenvalue weighted by Crippen LogP contribution is 2.24. The zero-order valence-corrected chi connectivity index (χ0v) is 14.2. The number of aryl methyl sites for hydroxylation is 1. The minimum Gasteiger partial charge on any atom is -0.389 e. The second-order valence-corrected chi connectivity index (χ2v) is 7.76. The molecule has 0 aliphatic heterocycles. The summed E-state index contributed by atoms with van der Waals surface area (Å²) in [6.45, 7) is 7.66. The molecule has 20 heavy (non-hydrogen) atoms. The molecule has 0 aromatic heterocycles. The highest BCUT2D eigenvalue weighted by molar-refractivity contribution is 7.89. The number of hydrogen-bond donors (Lipinski definition) is 1. The van der Waals surface area contributed by atoms with Crippen molar-refractivity contribution in [2.75, 3.05) is 7.05 Å². The monoisotopic (exact) mass is 314 g/mol. The van der Waals surface area contributed by atoms with E-state index in [1.165, 1.54) is 4.31 Å². The Labute approximate surface area is 127 Å². The molecule has 2 N–H and O–H groups in total. The standard InChI is InChI=1S/C14H22N2O2S2/c1-9(2)11(4)16(5)20(17,18)13-8-12(14(15)19)7-6-10(13)3/h6-9,11H,1-5H3,(H2,15,19). The van der Waals surface area contributed by atoms with Crippen LogP contribution in [0.15, 0.2) is 23.1 Å². The quantitative estimate of drug-likeness (QED) is 0.847. The fourth-order valence-electron chi connectivity index (χ4n) is 1.83.